The predicted octanol–water partition coefficient (Wildman–Crippen LogP) is 7.03. The van der Waals surface area contributed by atoms with Crippen molar-refractivity contribution in [2.75, 3.05) is 46.2 Å². The fourth-order valence-corrected chi connectivity index (χ4v) is 7.08. The number of rotatable bonds is 20. The van der Waals surface area contributed by atoms with Crippen LogP contribution in [-0.4, -0.2) is 81.6 Å². The fraction of sp³-hybridized carbons (Fsp3) is 0.659. The second-order valence-corrected chi connectivity index (χ2v) is 14.5. The Labute approximate surface area is 298 Å². The van der Waals surface area contributed by atoms with Gasteiger partial charge in [-0.05, 0) is 82.8 Å². The normalized spacial score (nSPS) is 27.6. The van der Waals surface area contributed by atoms with Gasteiger partial charge in [0, 0.05) is 0 Å². The molecule has 2 saturated heterocycles. The van der Waals surface area contributed by atoms with E-state index in [0.717, 1.165) is 63.4 Å². The lowest BCUT2D eigenvalue weighted by Gasteiger charge is -2.21. The van der Waals surface area contributed by atoms with Crippen LogP contribution in [0.2, 0.25) is 0 Å². The lowest BCUT2D eigenvalue weighted by Crippen LogP contribution is -2.29. The van der Waals surface area contributed by atoms with Gasteiger partial charge in [0.15, 0.2) is 0 Å². The van der Waals surface area contributed by atoms with Crippen LogP contribution in [-0.2, 0) is 55.8 Å². The zero-order chi connectivity index (χ0) is 35.1. The van der Waals surface area contributed by atoms with E-state index in [-0.39, 0.29) is 41.6 Å². The topological polar surface area (TPSA) is 105 Å². The molecule has 2 heterocycles. The molecule has 9 nitrogen and oxygen atoms in total. The smallest absolute Gasteiger partial charge is 0.309 e. The Balaban J connectivity index is 0.000000197. The summed E-state index contributed by atoms with van der Waals surface area (Å²) in [6, 6.07) is 20.7. The van der Waals surface area contributed by atoms with Crippen LogP contribution in [0.4, 0.5) is 0 Å². The average Bonchev–Trinajstić information content (AvgIpc) is 4.02. The summed E-state index contributed by atoms with van der Waals surface area (Å²) < 4.78 is 38.4. The Morgan fingerprint density at radius 3 is 1.92 bits per heavy atom. The zero-order valence-electron chi connectivity index (χ0n) is 30.2. The summed E-state index contributed by atoms with van der Waals surface area (Å²) in [6.07, 6.45) is 11.7. The molecular weight excluding hydrogens is 636 g/mol. The van der Waals surface area contributed by atoms with Crippen molar-refractivity contribution >= 4 is 11.9 Å². The molecule has 2 aliphatic heterocycles. The van der Waals surface area contributed by atoms with Crippen molar-refractivity contribution in [2.45, 2.75) is 114 Å². The molecule has 6 unspecified atom stereocenters. The molecule has 0 radical (unpaired) electrons. The van der Waals surface area contributed by atoms with Crippen LogP contribution in [0.5, 0.6) is 0 Å². The van der Waals surface area contributed by atoms with Crippen molar-refractivity contribution in [3.63, 3.8) is 0 Å². The summed E-state index contributed by atoms with van der Waals surface area (Å²) >= 11 is 0. The molecule has 0 aromatic heterocycles. The van der Waals surface area contributed by atoms with Gasteiger partial charge in [-0.2, -0.15) is 0 Å². The molecule has 0 spiro atoms. The third-order valence-electron chi connectivity index (χ3n) is 10.4. The van der Waals surface area contributed by atoms with Crippen LogP contribution >= 0.6 is 0 Å². The molecule has 4 aliphatic rings. The molecule has 2 aliphatic carbocycles. The predicted molar refractivity (Wildman–Crippen MR) is 190 cm³/mol. The molecule has 9 heteroatoms. The monoisotopic (exact) mass is 694 g/mol. The maximum atomic E-state index is 12.1. The van der Waals surface area contributed by atoms with Crippen molar-refractivity contribution in [1.29, 1.82) is 0 Å². The number of carbonyl (C=O) groups is 2. The van der Waals surface area contributed by atoms with E-state index in [9.17, 15) is 9.59 Å². The molecule has 2 aromatic carbocycles. The van der Waals surface area contributed by atoms with E-state index in [1.54, 1.807) is 0 Å². The van der Waals surface area contributed by atoms with E-state index in [2.05, 4.69) is 44.2 Å². The molecule has 6 atom stereocenters. The number of fused-ring (bicyclic) bond motifs is 2. The van der Waals surface area contributed by atoms with Crippen molar-refractivity contribution in [1.82, 2.24) is 0 Å². The SMILES string of the molecule is CC12CC(C(=O)OCCOCCOCCOCc3ccccc3)CCC1O2.CC12CCC(C(=O)OCCCCCCc3ccccc3)CC1O2. The number of unbranched alkanes of at least 4 members (excludes halogenated alkanes) is 3. The van der Waals surface area contributed by atoms with Crippen LogP contribution in [0, 0.1) is 11.8 Å². The number of carbonyl (C=O) groups excluding carboxylic acids is 2. The minimum atomic E-state index is -0.124. The number of hydrogen-bond donors (Lipinski definition) is 0. The van der Waals surface area contributed by atoms with Gasteiger partial charge >= 0.3 is 11.9 Å². The molecule has 2 aromatic rings. The second kappa shape index (κ2) is 19.7. The first kappa shape index (κ1) is 38.4. The molecule has 4 fully saturated rings. The minimum absolute atomic E-state index is 0.00756. The summed E-state index contributed by atoms with van der Waals surface area (Å²) in [5.41, 5.74) is 2.56. The van der Waals surface area contributed by atoms with Crippen molar-refractivity contribution < 1.29 is 42.7 Å². The molecule has 0 N–H and O–H groups in total. The van der Waals surface area contributed by atoms with Gasteiger partial charge in [-0.3, -0.25) is 9.59 Å². The van der Waals surface area contributed by atoms with Gasteiger partial charge in [0.05, 0.1) is 81.5 Å². The Morgan fingerprint density at radius 2 is 1.22 bits per heavy atom. The first-order valence-corrected chi connectivity index (χ1v) is 18.8. The van der Waals surface area contributed by atoms with E-state index in [4.69, 9.17) is 33.2 Å². The average molecular weight is 695 g/mol. The lowest BCUT2D eigenvalue weighted by atomic mass is 9.82. The van der Waals surface area contributed by atoms with E-state index in [1.165, 1.54) is 18.4 Å². The number of hydrogen-bond acceptors (Lipinski definition) is 9. The Kier molecular flexibility index (Phi) is 15.1. The second-order valence-electron chi connectivity index (χ2n) is 14.5. The number of esters is 2. The molecule has 276 valence electrons. The van der Waals surface area contributed by atoms with Gasteiger partial charge in [0.2, 0.25) is 0 Å². The number of ether oxygens (including phenoxy) is 7. The first-order valence-electron chi connectivity index (χ1n) is 18.8. The van der Waals surface area contributed by atoms with Crippen LogP contribution in [0.3, 0.4) is 0 Å². The zero-order valence-corrected chi connectivity index (χ0v) is 30.2. The highest BCUT2D eigenvalue weighted by molar-refractivity contribution is 5.73. The van der Waals surface area contributed by atoms with Gasteiger partial charge in [0.25, 0.3) is 0 Å². The van der Waals surface area contributed by atoms with Crippen LogP contribution in [0.1, 0.15) is 89.2 Å². The quantitative estimate of drug-likeness (QED) is 0.0821. The van der Waals surface area contributed by atoms with Crippen LogP contribution in [0.15, 0.2) is 60.7 Å². The third kappa shape index (κ3) is 12.7. The molecule has 6 rings (SSSR count). The van der Waals surface area contributed by atoms with E-state index in [0.29, 0.717) is 58.5 Å². The van der Waals surface area contributed by atoms with Crippen LogP contribution in [0.25, 0.3) is 0 Å². The standard InChI is InChI=1S/C21H30O6.C20H28O3/c1-21-15-18(7-8-19(21)27-21)20(22)26-14-13-24-10-9-23-11-12-25-16-17-5-3-2-4-6-17;1-20-13-12-17(15-18(20)23-20)19(21)22-14-8-3-2-5-9-16-10-6-4-7-11-16/h2-6,18-19H,7-16H2,1H3;4,6-7,10-11,17-18H,2-3,5,8-9,12-15H2,1H3. The maximum absolute atomic E-state index is 12.1. The molecule has 0 bridgehead atoms. The fourth-order valence-electron chi connectivity index (χ4n) is 7.08. The molecule has 50 heavy (non-hydrogen) atoms. The maximum Gasteiger partial charge on any atom is 0.309 e. The largest absolute Gasteiger partial charge is 0.465 e. The molecule has 0 amide bonds. The summed E-state index contributed by atoms with van der Waals surface area (Å²) in [5, 5.41) is 0. The van der Waals surface area contributed by atoms with Gasteiger partial charge in [-0.25, -0.2) is 0 Å². The van der Waals surface area contributed by atoms with Crippen molar-refractivity contribution in [3.8, 4) is 0 Å². The van der Waals surface area contributed by atoms with Gasteiger partial charge < -0.3 is 33.2 Å². The number of epoxide rings is 2. The van der Waals surface area contributed by atoms with Crippen molar-refractivity contribution in [2.24, 2.45) is 11.8 Å². The van der Waals surface area contributed by atoms with Crippen molar-refractivity contribution in [3.05, 3.63) is 71.8 Å². The Hall–Kier alpha value is -2.82. The molecular formula is C41H58O9. The summed E-state index contributed by atoms with van der Waals surface area (Å²) in [4.78, 5) is 24.1. The summed E-state index contributed by atoms with van der Waals surface area (Å²) in [6.45, 7) is 8.14. The summed E-state index contributed by atoms with van der Waals surface area (Å²) in [7, 11) is 0. The van der Waals surface area contributed by atoms with Gasteiger partial charge in [-0.1, -0.05) is 73.5 Å². The Bertz CT molecular complexity index is 1290. The van der Waals surface area contributed by atoms with Gasteiger partial charge in [0.1, 0.15) is 6.61 Å². The third-order valence-corrected chi connectivity index (χ3v) is 10.4. The first-order chi connectivity index (χ1) is 24.3. The van der Waals surface area contributed by atoms with Gasteiger partial charge in [-0.15, -0.1) is 0 Å². The van der Waals surface area contributed by atoms with E-state index in [1.807, 2.05) is 30.3 Å². The molecule has 2 saturated carbocycles. The number of benzene rings is 2. The highest BCUT2D eigenvalue weighted by atomic mass is 16.6. The van der Waals surface area contributed by atoms with E-state index >= 15 is 0 Å². The van der Waals surface area contributed by atoms with Crippen LogP contribution < -0.4 is 0 Å². The Morgan fingerprint density at radius 1 is 0.620 bits per heavy atom. The van der Waals surface area contributed by atoms with E-state index < -0.39 is 0 Å². The number of aryl methyl sites for hydroxylation is 1. The highest BCUT2D eigenvalue weighted by Crippen LogP contribution is 2.50. The summed E-state index contributed by atoms with van der Waals surface area (Å²) in [5.74, 6) is -0.103. The minimum Gasteiger partial charge on any atom is -0.465 e. The highest BCUT2D eigenvalue weighted by Gasteiger charge is 2.57. The lowest BCUT2D eigenvalue weighted by molar-refractivity contribution is -0.151.